The summed E-state index contributed by atoms with van der Waals surface area (Å²) < 4.78 is 5.15. The fourth-order valence-corrected chi connectivity index (χ4v) is 2.32. The predicted molar refractivity (Wildman–Crippen MR) is 114 cm³/mol. The molecule has 0 radical (unpaired) electrons. The van der Waals surface area contributed by atoms with Gasteiger partial charge in [0.15, 0.2) is 5.96 Å². The number of guanidine groups is 1. The molecule has 0 saturated heterocycles. The Morgan fingerprint density at radius 3 is 2.64 bits per heavy atom. The van der Waals surface area contributed by atoms with Crippen LogP contribution in [0.15, 0.2) is 53.7 Å². The average molecular weight is 454 g/mol. The largest absolute Gasteiger partial charge is 0.481 e. The molecule has 1 aromatic carbocycles. The van der Waals surface area contributed by atoms with E-state index in [-0.39, 0.29) is 24.0 Å². The molecule has 0 fully saturated rings. The van der Waals surface area contributed by atoms with Crippen molar-refractivity contribution < 1.29 is 4.74 Å². The molecule has 2 N–H and O–H groups in total. The number of hydrogen-bond donors (Lipinski definition) is 2. The summed E-state index contributed by atoms with van der Waals surface area (Å²) in [5.74, 6) is 1.84. The molecule has 136 valence electrons. The first kappa shape index (κ1) is 21.2. The second-order valence-electron chi connectivity index (χ2n) is 5.59. The van der Waals surface area contributed by atoms with Gasteiger partial charge in [-0.15, -0.1) is 24.0 Å². The number of pyridine rings is 1. The van der Waals surface area contributed by atoms with Gasteiger partial charge in [-0.1, -0.05) is 37.3 Å². The summed E-state index contributed by atoms with van der Waals surface area (Å²) in [7, 11) is 1.62. The number of halogens is 1. The van der Waals surface area contributed by atoms with Crippen molar-refractivity contribution in [3.05, 3.63) is 59.8 Å². The Labute approximate surface area is 167 Å². The lowest BCUT2D eigenvalue weighted by molar-refractivity contribution is 0.397. The molecule has 1 aromatic heterocycles. The summed E-state index contributed by atoms with van der Waals surface area (Å²) in [6.07, 6.45) is 1.74. The van der Waals surface area contributed by atoms with Gasteiger partial charge in [-0.05, 0) is 30.0 Å². The van der Waals surface area contributed by atoms with Crippen LogP contribution in [0.2, 0.25) is 0 Å². The standard InChI is InChI=1S/C19H26N4O.HI/c1-4-20-19(22-13-15(2)17-8-6-5-7-9-17)23-14-16-10-11-21-18(12-16)24-3;/h5-12,15H,4,13-14H2,1-3H3,(H2,20,22,23);1H. The van der Waals surface area contributed by atoms with Crippen LogP contribution in [0.5, 0.6) is 5.88 Å². The van der Waals surface area contributed by atoms with Gasteiger partial charge in [0.05, 0.1) is 13.7 Å². The fraction of sp³-hybridized carbons (Fsp3) is 0.368. The molecule has 2 aromatic rings. The lowest BCUT2D eigenvalue weighted by Gasteiger charge is -2.16. The highest BCUT2D eigenvalue weighted by atomic mass is 127. The molecule has 0 aliphatic heterocycles. The molecule has 5 nitrogen and oxygen atoms in total. The van der Waals surface area contributed by atoms with Crippen LogP contribution in [0.1, 0.15) is 30.9 Å². The number of aliphatic imine (C=N–C) groups is 1. The first-order valence-electron chi connectivity index (χ1n) is 8.29. The van der Waals surface area contributed by atoms with Crippen LogP contribution in [0.4, 0.5) is 0 Å². The lowest BCUT2D eigenvalue weighted by atomic mass is 10.0. The summed E-state index contributed by atoms with van der Waals surface area (Å²) >= 11 is 0. The quantitative estimate of drug-likeness (QED) is 0.382. The second-order valence-corrected chi connectivity index (χ2v) is 5.59. The minimum Gasteiger partial charge on any atom is -0.481 e. The van der Waals surface area contributed by atoms with E-state index >= 15 is 0 Å². The van der Waals surface area contributed by atoms with Gasteiger partial charge in [0.2, 0.25) is 5.88 Å². The molecule has 1 atom stereocenters. The topological polar surface area (TPSA) is 58.5 Å². The van der Waals surface area contributed by atoms with E-state index in [1.807, 2.05) is 18.2 Å². The van der Waals surface area contributed by atoms with Gasteiger partial charge < -0.3 is 15.4 Å². The van der Waals surface area contributed by atoms with Crippen molar-refractivity contribution in [3.63, 3.8) is 0 Å². The number of benzene rings is 1. The van der Waals surface area contributed by atoms with E-state index < -0.39 is 0 Å². The van der Waals surface area contributed by atoms with E-state index in [1.54, 1.807) is 13.3 Å². The minimum absolute atomic E-state index is 0. The normalized spacial score (nSPS) is 12.0. The smallest absolute Gasteiger partial charge is 0.213 e. The van der Waals surface area contributed by atoms with Gasteiger partial charge >= 0.3 is 0 Å². The average Bonchev–Trinajstić information content (AvgIpc) is 2.64. The van der Waals surface area contributed by atoms with Crippen molar-refractivity contribution >= 4 is 29.9 Å². The minimum atomic E-state index is 0. The molecule has 6 heteroatoms. The van der Waals surface area contributed by atoms with E-state index in [2.05, 4.69) is 58.7 Å². The molecule has 0 aliphatic carbocycles. The fourth-order valence-electron chi connectivity index (χ4n) is 2.32. The second kappa shape index (κ2) is 11.7. The maximum Gasteiger partial charge on any atom is 0.213 e. The Balaban J connectivity index is 0.00000312. The summed E-state index contributed by atoms with van der Waals surface area (Å²) in [5, 5.41) is 6.69. The lowest BCUT2D eigenvalue weighted by Crippen LogP contribution is -2.39. The maximum atomic E-state index is 5.15. The molecule has 0 aliphatic rings. The summed E-state index contributed by atoms with van der Waals surface area (Å²) in [5.41, 5.74) is 2.38. The highest BCUT2D eigenvalue weighted by Crippen LogP contribution is 2.13. The number of nitrogens with zero attached hydrogens (tertiary/aromatic N) is 2. The van der Waals surface area contributed by atoms with Gasteiger partial charge in [-0.3, -0.25) is 0 Å². The summed E-state index contributed by atoms with van der Waals surface area (Å²) in [6.45, 7) is 6.50. The van der Waals surface area contributed by atoms with Crippen molar-refractivity contribution in [3.8, 4) is 5.88 Å². The van der Waals surface area contributed by atoms with Crippen LogP contribution < -0.4 is 15.4 Å². The van der Waals surface area contributed by atoms with E-state index in [0.29, 0.717) is 18.3 Å². The van der Waals surface area contributed by atoms with E-state index in [0.717, 1.165) is 24.6 Å². The molecule has 1 unspecified atom stereocenters. The molecule has 0 spiro atoms. The zero-order valence-electron chi connectivity index (χ0n) is 15.0. The summed E-state index contributed by atoms with van der Waals surface area (Å²) in [4.78, 5) is 8.75. The Morgan fingerprint density at radius 1 is 1.20 bits per heavy atom. The molecule has 0 amide bonds. The molecule has 0 saturated carbocycles. The highest BCUT2D eigenvalue weighted by Gasteiger charge is 2.06. The third kappa shape index (κ3) is 7.29. The zero-order valence-corrected chi connectivity index (χ0v) is 17.4. The van der Waals surface area contributed by atoms with E-state index in [9.17, 15) is 0 Å². The van der Waals surface area contributed by atoms with Crippen LogP contribution >= 0.6 is 24.0 Å². The van der Waals surface area contributed by atoms with Gasteiger partial charge in [0.1, 0.15) is 0 Å². The monoisotopic (exact) mass is 454 g/mol. The first-order chi connectivity index (χ1) is 11.7. The number of methoxy groups -OCH3 is 1. The van der Waals surface area contributed by atoms with Crippen LogP contribution in [-0.4, -0.2) is 31.1 Å². The van der Waals surface area contributed by atoms with Crippen molar-refractivity contribution in [1.82, 2.24) is 15.6 Å². The number of ether oxygens (including phenoxy) is 1. The van der Waals surface area contributed by atoms with Crippen molar-refractivity contribution in [1.29, 1.82) is 0 Å². The predicted octanol–water partition coefficient (Wildman–Crippen LogP) is 3.57. The third-order valence-corrected chi connectivity index (χ3v) is 3.72. The van der Waals surface area contributed by atoms with Crippen LogP contribution in [0, 0.1) is 0 Å². The SMILES string of the molecule is CCNC(=NCc1ccnc(OC)c1)NCC(C)c1ccccc1.I. The Bertz CT molecular complexity index is 649. The molecular formula is C19H27IN4O. The maximum absolute atomic E-state index is 5.15. The zero-order chi connectivity index (χ0) is 17.2. The van der Waals surface area contributed by atoms with Crippen LogP contribution in [0.25, 0.3) is 0 Å². The molecular weight excluding hydrogens is 427 g/mol. The Hall–Kier alpha value is -1.83. The van der Waals surface area contributed by atoms with Crippen LogP contribution in [-0.2, 0) is 6.54 Å². The third-order valence-electron chi connectivity index (χ3n) is 3.72. The van der Waals surface area contributed by atoms with E-state index in [4.69, 9.17) is 4.74 Å². The molecule has 1 heterocycles. The Kier molecular flexibility index (Phi) is 9.91. The van der Waals surface area contributed by atoms with Gasteiger partial charge in [-0.25, -0.2) is 9.98 Å². The number of hydrogen-bond acceptors (Lipinski definition) is 3. The van der Waals surface area contributed by atoms with Gasteiger partial charge in [-0.2, -0.15) is 0 Å². The summed E-state index contributed by atoms with van der Waals surface area (Å²) in [6, 6.07) is 14.3. The Morgan fingerprint density at radius 2 is 1.96 bits per heavy atom. The first-order valence-corrected chi connectivity index (χ1v) is 8.29. The molecule has 0 bridgehead atoms. The van der Waals surface area contributed by atoms with Crippen LogP contribution in [0.3, 0.4) is 0 Å². The number of nitrogens with one attached hydrogen (secondary N) is 2. The number of rotatable bonds is 7. The molecule has 2 rings (SSSR count). The number of aromatic nitrogens is 1. The van der Waals surface area contributed by atoms with Crippen molar-refractivity contribution in [2.24, 2.45) is 4.99 Å². The highest BCUT2D eigenvalue weighted by molar-refractivity contribution is 14.0. The molecule has 25 heavy (non-hydrogen) atoms. The van der Waals surface area contributed by atoms with Crippen molar-refractivity contribution in [2.75, 3.05) is 20.2 Å². The van der Waals surface area contributed by atoms with Gasteiger partial charge in [0.25, 0.3) is 0 Å². The van der Waals surface area contributed by atoms with E-state index in [1.165, 1.54) is 5.56 Å². The van der Waals surface area contributed by atoms with Gasteiger partial charge in [0, 0.05) is 25.4 Å². The van der Waals surface area contributed by atoms with Crippen molar-refractivity contribution in [2.45, 2.75) is 26.3 Å².